The Hall–Kier alpha value is -1.01. The molecule has 2 nitrogen and oxygen atoms in total. The van der Waals surface area contributed by atoms with Gasteiger partial charge in [-0.3, -0.25) is 0 Å². The molecule has 0 unspecified atom stereocenters. The lowest BCUT2D eigenvalue weighted by atomic mass is 10.2. The summed E-state index contributed by atoms with van der Waals surface area (Å²) in [5.41, 5.74) is 6.00. The topological polar surface area (TPSA) is 35.2 Å². The van der Waals surface area contributed by atoms with Gasteiger partial charge in [-0.1, -0.05) is 12.1 Å². The molecule has 0 atom stereocenters. The Bertz CT molecular complexity index is 349. The van der Waals surface area contributed by atoms with Gasteiger partial charge in [0.1, 0.15) is 5.75 Å². The van der Waals surface area contributed by atoms with E-state index in [9.17, 15) is 17.6 Å². The second-order valence-corrected chi connectivity index (χ2v) is 3.20. The molecule has 0 aromatic heterocycles. The highest BCUT2D eigenvalue weighted by atomic mass is 35.5. The molecule has 1 aromatic rings. The van der Waals surface area contributed by atoms with Gasteiger partial charge in [0.2, 0.25) is 0 Å². The number of nitrogens with two attached hydrogens (primary N) is 1. The maximum atomic E-state index is 12.5. The molecule has 0 aliphatic rings. The maximum Gasteiger partial charge on any atom is 0.340 e. The van der Waals surface area contributed by atoms with Gasteiger partial charge in [-0.25, -0.2) is 8.78 Å². The van der Waals surface area contributed by atoms with Crippen LogP contribution < -0.4 is 10.5 Å². The third-order valence-electron chi connectivity index (χ3n) is 1.88. The molecule has 0 saturated carbocycles. The fraction of sp³-hybridized carbons (Fsp3) is 0.400. The lowest BCUT2D eigenvalue weighted by molar-refractivity contribution is -0.148. The predicted molar refractivity (Wildman–Crippen MR) is 58.0 cm³/mol. The third kappa shape index (κ3) is 4.79. The number of halogens is 5. The van der Waals surface area contributed by atoms with Crippen LogP contribution >= 0.6 is 12.4 Å². The molecule has 0 radical (unpaired) electrons. The SMILES string of the molecule is Cl.NCc1cccc(OCC(F)(F)C(F)F)c1. The second-order valence-electron chi connectivity index (χ2n) is 3.20. The van der Waals surface area contributed by atoms with Crippen LogP contribution in [0.25, 0.3) is 0 Å². The van der Waals surface area contributed by atoms with E-state index in [2.05, 4.69) is 4.74 Å². The van der Waals surface area contributed by atoms with Crippen LogP contribution in [0.4, 0.5) is 17.6 Å². The highest BCUT2D eigenvalue weighted by molar-refractivity contribution is 5.85. The summed E-state index contributed by atoms with van der Waals surface area (Å²) in [6.07, 6.45) is -3.73. The van der Waals surface area contributed by atoms with Crippen LogP contribution in [0.3, 0.4) is 0 Å². The summed E-state index contributed by atoms with van der Waals surface area (Å²) in [5, 5.41) is 0. The van der Waals surface area contributed by atoms with E-state index in [0.717, 1.165) is 0 Å². The first kappa shape index (κ1) is 16.0. The molecule has 1 aromatic carbocycles. The molecule has 0 aliphatic carbocycles. The van der Waals surface area contributed by atoms with Gasteiger partial charge in [-0.15, -0.1) is 12.4 Å². The summed E-state index contributed by atoms with van der Waals surface area (Å²) in [6, 6.07) is 6.07. The summed E-state index contributed by atoms with van der Waals surface area (Å²) in [4.78, 5) is 0. The molecule has 0 bridgehead atoms. The molecule has 17 heavy (non-hydrogen) atoms. The van der Waals surface area contributed by atoms with E-state index in [-0.39, 0.29) is 24.7 Å². The first-order valence-electron chi connectivity index (χ1n) is 4.53. The molecule has 0 amide bonds. The van der Waals surface area contributed by atoms with Gasteiger partial charge in [-0.05, 0) is 17.7 Å². The molecular formula is C10H12ClF4NO. The number of rotatable bonds is 5. The summed E-state index contributed by atoms with van der Waals surface area (Å²) < 4.78 is 53.2. The maximum absolute atomic E-state index is 12.5. The van der Waals surface area contributed by atoms with Crippen LogP contribution in [0, 0.1) is 0 Å². The van der Waals surface area contributed by atoms with Gasteiger partial charge in [-0.2, -0.15) is 8.78 Å². The van der Waals surface area contributed by atoms with Crippen LogP contribution in [0.15, 0.2) is 24.3 Å². The van der Waals surface area contributed by atoms with E-state index in [1.807, 2.05) is 0 Å². The van der Waals surface area contributed by atoms with Crippen molar-refractivity contribution in [2.24, 2.45) is 5.73 Å². The van der Waals surface area contributed by atoms with E-state index in [1.54, 1.807) is 12.1 Å². The molecule has 7 heteroatoms. The number of benzene rings is 1. The Balaban J connectivity index is 0.00000256. The average Bonchev–Trinajstić information content (AvgIpc) is 2.26. The Morgan fingerprint density at radius 2 is 1.94 bits per heavy atom. The predicted octanol–water partition coefficient (Wildman–Crippen LogP) is 2.85. The van der Waals surface area contributed by atoms with E-state index in [4.69, 9.17) is 5.73 Å². The molecular weight excluding hydrogens is 262 g/mol. The Morgan fingerprint density at radius 3 is 2.47 bits per heavy atom. The zero-order valence-corrected chi connectivity index (χ0v) is 9.52. The molecule has 1 rings (SSSR count). The zero-order chi connectivity index (χ0) is 12.2. The van der Waals surface area contributed by atoms with Crippen molar-refractivity contribution in [3.8, 4) is 5.75 Å². The van der Waals surface area contributed by atoms with Crippen LogP contribution in [-0.4, -0.2) is 19.0 Å². The Morgan fingerprint density at radius 1 is 1.29 bits per heavy atom. The standard InChI is InChI=1S/C10H11F4NO.ClH/c11-9(12)10(13,14)6-16-8-3-1-2-7(4-8)5-15;/h1-4,9H,5-6,15H2;1H. The van der Waals surface area contributed by atoms with Crippen LogP contribution in [0.1, 0.15) is 5.56 Å². The van der Waals surface area contributed by atoms with Crippen molar-refractivity contribution in [1.29, 1.82) is 0 Å². The molecule has 0 saturated heterocycles. The lowest BCUT2D eigenvalue weighted by Gasteiger charge is -2.16. The fourth-order valence-corrected chi connectivity index (χ4v) is 1.00. The van der Waals surface area contributed by atoms with Crippen molar-refractivity contribution in [1.82, 2.24) is 0 Å². The Kier molecular flexibility index (Phi) is 6.26. The van der Waals surface area contributed by atoms with Crippen LogP contribution in [0.2, 0.25) is 0 Å². The van der Waals surface area contributed by atoms with Crippen molar-refractivity contribution < 1.29 is 22.3 Å². The normalized spacial score (nSPS) is 11.2. The zero-order valence-electron chi connectivity index (χ0n) is 8.71. The highest BCUT2D eigenvalue weighted by Crippen LogP contribution is 2.24. The van der Waals surface area contributed by atoms with Crippen molar-refractivity contribution in [3.05, 3.63) is 29.8 Å². The quantitative estimate of drug-likeness (QED) is 0.837. The van der Waals surface area contributed by atoms with Crippen molar-refractivity contribution in [3.63, 3.8) is 0 Å². The minimum Gasteiger partial charge on any atom is -0.487 e. The minimum absolute atomic E-state index is 0. The summed E-state index contributed by atoms with van der Waals surface area (Å²) >= 11 is 0. The summed E-state index contributed by atoms with van der Waals surface area (Å²) in [7, 11) is 0. The van der Waals surface area contributed by atoms with E-state index in [0.29, 0.717) is 5.56 Å². The Labute approximate surface area is 102 Å². The number of alkyl halides is 4. The second kappa shape index (κ2) is 6.66. The number of hydrogen-bond donors (Lipinski definition) is 1. The monoisotopic (exact) mass is 273 g/mol. The van der Waals surface area contributed by atoms with Crippen LogP contribution in [-0.2, 0) is 6.54 Å². The van der Waals surface area contributed by atoms with Gasteiger partial charge in [0, 0.05) is 6.54 Å². The molecule has 2 N–H and O–H groups in total. The minimum atomic E-state index is -4.14. The molecule has 0 heterocycles. The van der Waals surface area contributed by atoms with Gasteiger partial charge in [0.05, 0.1) is 0 Å². The van der Waals surface area contributed by atoms with Crippen molar-refractivity contribution in [2.45, 2.75) is 18.9 Å². The van der Waals surface area contributed by atoms with E-state index < -0.39 is 19.0 Å². The van der Waals surface area contributed by atoms with E-state index in [1.165, 1.54) is 12.1 Å². The van der Waals surface area contributed by atoms with Gasteiger partial charge >= 0.3 is 12.3 Å². The van der Waals surface area contributed by atoms with Crippen molar-refractivity contribution >= 4 is 12.4 Å². The third-order valence-corrected chi connectivity index (χ3v) is 1.88. The molecule has 98 valence electrons. The van der Waals surface area contributed by atoms with Gasteiger partial charge < -0.3 is 10.5 Å². The first-order chi connectivity index (χ1) is 7.45. The van der Waals surface area contributed by atoms with Crippen LogP contribution in [0.5, 0.6) is 5.75 Å². The molecule has 0 fully saturated rings. The largest absolute Gasteiger partial charge is 0.487 e. The lowest BCUT2D eigenvalue weighted by Crippen LogP contribution is -2.33. The fourth-order valence-electron chi connectivity index (χ4n) is 1.00. The van der Waals surface area contributed by atoms with E-state index >= 15 is 0 Å². The van der Waals surface area contributed by atoms with Crippen molar-refractivity contribution in [2.75, 3.05) is 6.61 Å². The number of ether oxygens (including phenoxy) is 1. The summed E-state index contributed by atoms with van der Waals surface area (Å²) in [5.74, 6) is -4.04. The highest BCUT2D eigenvalue weighted by Gasteiger charge is 2.41. The molecule has 0 spiro atoms. The summed E-state index contributed by atoms with van der Waals surface area (Å²) in [6.45, 7) is -1.12. The van der Waals surface area contributed by atoms with Gasteiger partial charge in [0.25, 0.3) is 0 Å². The van der Waals surface area contributed by atoms with Gasteiger partial charge in [0.15, 0.2) is 6.61 Å². The first-order valence-corrected chi connectivity index (χ1v) is 4.53. The number of hydrogen-bond acceptors (Lipinski definition) is 2. The molecule has 0 aliphatic heterocycles. The smallest absolute Gasteiger partial charge is 0.340 e. The average molecular weight is 274 g/mol.